The first-order valence-electron chi connectivity index (χ1n) is 3.33. The molecule has 0 N–H and O–H groups in total. The van der Waals surface area contributed by atoms with Gasteiger partial charge in [0.15, 0.2) is 0 Å². The molecule has 0 aromatic carbocycles. The number of hydrogen-bond acceptors (Lipinski definition) is 0. The van der Waals surface area contributed by atoms with Gasteiger partial charge in [-0.2, -0.15) is 0 Å². The molecule has 9 heavy (non-hydrogen) atoms. The molecule has 0 aliphatic carbocycles. The Labute approximate surface area is 67.5 Å². The van der Waals surface area contributed by atoms with Gasteiger partial charge >= 0.3 is 0 Å². The fourth-order valence-corrected chi connectivity index (χ4v) is 0.986. The minimum atomic E-state index is -0.212. The Morgan fingerprint density at radius 1 is 1.56 bits per heavy atom. The zero-order chi connectivity index (χ0) is 7.49. The predicted molar refractivity (Wildman–Crippen MR) is 44.5 cm³/mol. The molecule has 0 nitrogen and oxygen atoms in total. The predicted octanol–water partition coefficient (Wildman–Crippen LogP) is 3.41. The second-order valence-corrected chi connectivity index (χ2v) is 4.16. The standard InChI is InChI=1S/C7H14Cl2/c1-4-5-7(3,9)6(2)8/h6H,4-5H2,1-3H3. The normalized spacial score (nSPS) is 21.0. The fourth-order valence-electron chi connectivity index (χ4n) is 0.688. The van der Waals surface area contributed by atoms with Crippen LogP contribution in [-0.2, 0) is 0 Å². The second kappa shape index (κ2) is 3.68. The van der Waals surface area contributed by atoms with Gasteiger partial charge in [0.1, 0.15) is 0 Å². The van der Waals surface area contributed by atoms with Crippen LogP contribution >= 0.6 is 23.2 Å². The minimum absolute atomic E-state index is 0.0547. The summed E-state index contributed by atoms with van der Waals surface area (Å²) in [4.78, 5) is -0.212. The SMILES string of the molecule is CCCC(C)(Cl)C(C)Cl. The molecule has 56 valence electrons. The first-order chi connectivity index (χ1) is 4.00. The van der Waals surface area contributed by atoms with Crippen LogP contribution in [0.5, 0.6) is 0 Å². The molecule has 0 bridgehead atoms. The highest BCUT2D eigenvalue weighted by molar-refractivity contribution is 6.32. The van der Waals surface area contributed by atoms with Crippen molar-refractivity contribution in [3.05, 3.63) is 0 Å². The van der Waals surface area contributed by atoms with E-state index in [-0.39, 0.29) is 10.3 Å². The van der Waals surface area contributed by atoms with Crippen LogP contribution in [0, 0.1) is 0 Å². The van der Waals surface area contributed by atoms with Gasteiger partial charge in [-0.15, -0.1) is 23.2 Å². The van der Waals surface area contributed by atoms with Crippen molar-refractivity contribution in [1.82, 2.24) is 0 Å². The Balaban J connectivity index is 3.70. The van der Waals surface area contributed by atoms with Gasteiger partial charge in [0.25, 0.3) is 0 Å². The number of alkyl halides is 2. The largest absolute Gasteiger partial charge is 0.121 e. The molecule has 2 unspecified atom stereocenters. The van der Waals surface area contributed by atoms with E-state index in [1.807, 2.05) is 13.8 Å². The molecule has 0 spiro atoms. The van der Waals surface area contributed by atoms with Gasteiger partial charge in [-0.25, -0.2) is 0 Å². The van der Waals surface area contributed by atoms with Gasteiger partial charge in [-0.3, -0.25) is 0 Å². The van der Waals surface area contributed by atoms with Gasteiger partial charge in [-0.1, -0.05) is 13.3 Å². The summed E-state index contributed by atoms with van der Waals surface area (Å²) in [5, 5.41) is 0.0547. The van der Waals surface area contributed by atoms with Gasteiger partial charge < -0.3 is 0 Å². The molecule has 0 amide bonds. The average Bonchev–Trinajstić information content (AvgIpc) is 1.65. The second-order valence-electron chi connectivity index (χ2n) is 2.64. The summed E-state index contributed by atoms with van der Waals surface area (Å²) >= 11 is 11.9. The van der Waals surface area contributed by atoms with E-state index in [1.165, 1.54) is 0 Å². The third kappa shape index (κ3) is 3.32. The van der Waals surface area contributed by atoms with Gasteiger partial charge in [0.05, 0.1) is 4.87 Å². The highest BCUT2D eigenvalue weighted by Gasteiger charge is 2.25. The van der Waals surface area contributed by atoms with Crippen molar-refractivity contribution in [3.63, 3.8) is 0 Å². The van der Waals surface area contributed by atoms with Crippen LogP contribution in [0.3, 0.4) is 0 Å². The first kappa shape index (κ1) is 9.58. The number of rotatable bonds is 3. The smallest absolute Gasteiger partial charge is 0.0579 e. The number of hydrogen-bond donors (Lipinski definition) is 0. The summed E-state index contributed by atoms with van der Waals surface area (Å²) in [7, 11) is 0. The molecular weight excluding hydrogens is 155 g/mol. The minimum Gasteiger partial charge on any atom is -0.121 e. The van der Waals surface area contributed by atoms with Crippen molar-refractivity contribution in [1.29, 1.82) is 0 Å². The molecule has 0 aromatic heterocycles. The van der Waals surface area contributed by atoms with Gasteiger partial charge in [0.2, 0.25) is 0 Å². The lowest BCUT2D eigenvalue weighted by Gasteiger charge is -2.23. The van der Waals surface area contributed by atoms with Gasteiger partial charge in [0, 0.05) is 5.38 Å². The third-order valence-electron chi connectivity index (χ3n) is 1.57. The lowest BCUT2D eigenvalue weighted by atomic mass is 10.0. The summed E-state index contributed by atoms with van der Waals surface area (Å²) in [6, 6.07) is 0. The van der Waals surface area contributed by atoms with E-state index >= 15 is 0 Å². The molecule has 0 saturated carbocycles. The average molecular weight is 169 g/mol. The van der Waals surface area contributed by atoms with E-state index < -0.39 is 0 Å². The molecule has 0 aliphatic rings. The van der Waals surface area contributed by atoms with Gasteiger partial charge in [-0.05, 0) is 20.3 Å². The van der Waals surface area contributed by atoms with Crippen LogP contribution in [0.1, 0.15) is 33.6 Å². The van der Waals surface area contributed by atoms with Crippen LogP contribution < -0.4 is 0 Å². The van der Waals surface area contributed by atoms with E-state index in [2.05, 4.69) is 6.92 Å². The molecule has 0 saturated heterocycles. The first-order valence-corrected chi connectivity index (χ1v) is 4.15. The lowest BCUT2D eigenvalue weighted by Crippen LogP contribution is -2.26. The van der Waals surface area contributed by atoms with E-state index in [1.54, 1.807) is 0 Å². The van der Waals surface area contributed by atoms with E-state index in [0.717, 1.165) is 12.8 Å². The van der Waals surface area contributed by atoms with Crippen LogP contribution in [0.4, 0.5) is 0 Å². The maximum Gasteiger partial charge on any atom is 0.0579 e. The van der Waals surface area contributed by atoms with Crippen LogP contribution in [-0.4, -0.2) is 10.3 Å². The maximum absolute atomic E-state index is 6.04. The Bertz CT molecular complexity index is 77.0. The zero-order valence-electron chi connectivity index (χ0n) is 6.25. The van der Waals surface area contributed by atoms with E-state index in [9.17, 15) is 0 Å². The Hall–Kier alpha value is 0.580. The molecule has 0 aromatic rings. The molecule has 0 rings (SSSR count). The topological polar surface area (TPSA) is 0 Å². The molecule has 0 fully saturated rings. The summed E-state index contributed by atoms with van der Waals surface area (Å²) in [5.41, 5.74) is 0. The van der Waals surface area contributed by atoms with Crippen molar-refractivity contribution in [2.24, 2.45) is 0 Å². The highest BCUT2D eigenvalue weighted by Crippen LogP contribution is 2.28. The molecule has 2 heteroatoms. The fraction of sp³-hybridized carbons (Fsp3) is 1.00. The summed E-state index contributed by atoms with van der Waals surface area (Å²) < 4.78 is 0. The molecular formula is C7H14Cl2. The van der Waals surface area contributed by atoms with Crippen molar-refractivity contribution in [3.8, 4) is 0 Å². The number of halogens is 2. The van der Waals surface area contributed by atoms with E-state index in [4.69, 9.17) is 23.2 Å². The van der Waals surface area contributed by atoms with Crippen LogP contribution in [0.25, 0.3) is 0 Å². The summed E-state index contributed by atoms with van der Waals surface area (Å²) in [5.74, 6) is 0. The quantitative estimate of drug-likeness (QED) is 0.568. The Morgan fingerprint density at radius 2 is 2.00 bits per heavy atom. The summed E-state index contributed by atoms with van der Waals surface area (Å²) in [6.07, 6.45) is 2.08. The zero-order valence-corrected chi connectivity index (χ0v) is 7.76. The molecule has 0 heterocycles. The van der Waals surface area contributed by atoms with E-state index in [0.29, 0.717) is 0 Å². The molecule has 0 radical (unpaired) electrons. The van der Waals surface area contributed by atoms with Crippen molar-refractivity contribution < 1.29 is 0 Å². The van der Waals surface area contributed by atoms with Crippen molar-refractivity contribution in [2.45, 2.75) is 43.9 Å². The maximum atomic E-state index is 6.04. The monoisotopic (exact) mass is 168 g/mol. The van der Waals surface area contributed by atoms with Crippen molar-refractivity contribution >= 4 is 23.2 Å². The molecule has 2 atom stereocenters. The summed E-state index contributed by atoms with van der Waals surface area (Å²) in [6.45, 7) is 6.03. The Kier molecular flexibility index (Phi) is 3.91. The third-order valence-corrected chi connectivity index (χ3v) is 2.68. The van der Waals surface area contributed by atoms with Crippen LogP contribution in [0.2, 0.25) is 0 Å². The highest BCUT2D eigenvalue weighted by atomic mass is 35.5. The molecule has 0 aliphatic heterocycles. The van der Waals surface area contributed by atoms with Crippen molar-refractivity contribution in [2.75, 3.05) is 0 Å². The lowest BCUT2D eigenvalue weighted by molar-refractivity contribution is 0.555. The Morgan fingerprint density at radius 3 is 2.11 bits per heavy atom. The van der Waals surface area contributed by atoms with Crippen LogP contribution in [0.15, 0.2) is 0 Å².